The van der Waals surface area contributed by atoms with E-state index in [0.717, 1.165) is 22.8 Å². The quantitative estimate of drug-likeness (QED) is 0.583. The number of nitrogens with zero attached hydrogens (tertiary/aromatic N) is 2. The Balaban J connectivity index is 1.75. The van der Waals surface area contributed by atoms with E-state index in [2.05, 4.69) is 32.7 Å². The van der Waals surface area contributed by atoms with Crippen LogP contribution < -0.4 is 0 Å². The fourth-order valence-corrected chi connectivity index (χ4v) is 2.87. The van der Waals surface area contributed by atoms with Crippen LogP contribution in [0.25, 0.3) is 22.2 Å². The van der Waals surface area contributed by atoms with E-state index in [1.807, 2.05) is 49.1 Å². The van der Waals surface area contributed by atoms with Crippen LogP contribution in [0.4, 0.5) is 0 Å². The molecule has 0 saturated carbocycles. The molecule has 0 atom stereocenters. The number of aromatic amines is 1. The number of aromatic nitrogens is 3. The molecule has 0 spiro atoms. The van der Waals surface area contributed by atoms with Crippen molar-refractivity contribution < 1.29 is 0 Å². The highest BCUT2D eigenvalue weighted by atomic mass is 35.5. The van der Waals surface area contributed by atoms with E-state index in [0.29, 0.717) is 0 Å². The van der Waals surface area contributed by atoms with E-state index in [1.54, 1.807) is 0 Å². The molecule has 3 nitrogen and oxygen atoms in total. The largest absolute Gasteiger partial charge is 0.360 e. The third kappa shape index (κ3) is 2.30. The molecule has 0 amide bonds. The third-order valence-electron chi connectivity index (χ3n) is 3.84. The summed E-state index contributed by atoms with van der Waals surface area (Å²) in [5.74, 6) is 0. The van der Waals surface area contributed by atoms with Gasteiger partial charge in [-0.25, -0.2) is 4.98 Å². The van der Waals surface area contributed by atoms with E-state index in [-0.39, 0.29) is 0 Å². The number of para-hydroxylation sites is 1. The Bertz CT molecular complexity index is 919. The summed E-state index contributed by atoms with van der Waals surface area (Å²) >= 11 is 5.95. The number of rotatable bonds is 3. The summed E-state index contributed by atoms with van der Waals surface area (Å²) < 4.78 is 2.15. The van der Waals surface area contributed by atoms with E-state index in [9.17, 15) is 0 Å². The molecule has 0 saturated heterocycles. The molecule has 0 aliphatic heterocycles. The van der Waals surface area contributed by atoms with Crippen LogP contribution in [0.3, 0.4) is 0 Å². The highest BCUT2D eigenvalue weighted by molar-refractivity contribution is 6.30. The molecule has 4 rings (SSSR count). The smallest absolute Gasteiger partial charge is 0.0954 e. The number of halogens is 1. The van der Waals surface area contributed by atoms with Gasteiger partial charge in [-0.15, -0.1) is 0 Å². The molecule has 1 N–H and O–H groups in total. The molecule has 0 unspecified atom stereocenters. The zero-order valence-corrected chi connectivity index (χ0v) is 12.6. The summed E-state index contributed by atoms with van der Waals surface area (Å²) in [5, 5.41) is 1.96. The van der Waals surface area contributed by atoms with Crippen molar-refractivity contribution in [2.24, 2.45) is 0 Å². The molecule has 2 heterocycles. The number of fused-ring (bicyclic) bond motifs is 1. The number of benzene rings is 2. The van der Waals surface area contributed by atoms with E-state index >= 15 is 0 Å². The minimum absolute atomic E-state index is 0.756. The zero-order chi connectivity index (χ0) is 14.9. The maximum Gasteiger partial charge on any atom is 0.0954 e. The Kier molecular flexibility index (Phi) is 3.20. The predicted molar refractivity (Wildman–Crippen MR) is 90.1 cm³/mol. The zero-order valence-electron chi connectivity index (χ0n) is 11.8. The molecular formula is C18H14ClN3. The van der Waals surface area contributed by atoms with Crippen molar-refractivity contribution in [2.45, 2.75) is 6.54 Å². The topological polar surface area (TPSA) is 33.6 Å². The average molecular weight is 308 g/mol. The Hall–Kier alpha value is -2.52. The Labute approximate surface area is 133 Å². The molecule has 0 fully saturated rings. The van der Waals surface area contributed by atoms with Gasteiger partial charge in [-0.3, -0.25) is 0 Å². The molecule has 4 heteroatoms. The van der Waals surface area contributed by atoms with Crippen molar-refractivity contribution in [3.8, 4) is 11.3 Å². The van der Waals surface area contributed by atoms with E-state index < -0.39 is 0 Å². The fraction of sp³-hybridized carbons (Fsp3) is 0.0556. The van der Waals surface area contributed by atoms with Crippen LogP contribution in [-0.4, -0.2) is 14.5 Å². The minimum Gasteiger partial charge on any atom is -0.360 e. The molecule has 108 valence electrons. The standard InChI is InChI=1S/C18H14ClN3/c19-14-7-5-13(6-8-14)11-22-12-20-10-18(22)16-9-21-17-4-2-1-3-15(16)17/h1-10,12,21H,11H2. The second-order valence-electron chi connectivity index (χ2n) is 5.28. The van der Waals surface area contributed by atoms with Crippen LogP contribution in [0.2, 0.25) is 5.02 Å². The first-order valence-electron chi connectivity index (χ1n) is 7.12. The van der Waals surface area contributed by atoms with Gasteiger partial charge in [0.1, 0.15) is 0 Å². The van der Waals surface area contributed by atoms with Crippen molar-refractivity contribution >= 4 is 22.5 Å². The predicted octanol–water partition coefficient (Wildman–Crippen LogP) is 4.73. The van der Waals surface area contributed by atoms with Gasteiger partial charge >= 0.3 is 0 Å². The van der Waals surface area contributed by atoms with E-state index in [1.165, 1.54) is 16.5 Å². The summed E-state index contributed by atoms with van der Waals surface area (Å²) in [6.07, 6.45) is 5.82. The molecule has 0 aliphatic rings. The molecular weight excluding hydrogens is 294 g/mol. The molecule has 2 aromatic heterocycles. The van der Waals surface area contributed by atoms with Gasteiger partial charge in [0.15, 0.2) is 0 Å². The number of hydrogen-bond acceptors (Lipinski definition) is 1. The van der Waals surface area contributed by atoms with Gasteiger partial charge in [-0.2, -0.15) is 0 Å². The summed E-state index contributed by atoms with van der Waals surface area (Å²) in [6, 6.07) is 16.2. The number of H-pyrrole nitrogens is 1. The van der Waals surface area contributed by atoms with Gasteiger partial charge in [0.25, 0.3) is 0 Å². The van der Waals surface area contributed by atoms with Crippen LogP contribution in [-0.2, 0) is 6.54 Å². The molecule has 4 aromatic rings. The summed E-state index contributed by atoms with van der Waals surface area (Å²) in [4.78, 5) is 7.64. The summed E-state index contributed by atoms with van der Waals surface area (Å²) in [5.41, 5.74) is 4.61. The second kappa shape index (κ2) is 5.35. The lowest BCUT2D eigenvalue weighted by atomic mass is 10.1. The van der Waals surface area contributed by atoms with Crippen LogP contribution in [0.5, 0.6) is 0 Å². The second-order valence-corrected chi connectivity index (χ2v) is 5.72. The highest BCUT2D eigenvalue weighted by Gasteiger charge is 2.10. The van der Waals surface area contributed by atoms with Crippen molar-refractivity contribution in [2.75, 3.05) is 0 Å². The third-order valence-corrected chi connectivity index (χ3v) is 4.10. The maximum atomic E-state index is 5.95. The monoisotopic (exact) mass is 307 g/mol. The van der Waals surface area contributed by atoms with Crippen molar-refractivity contribution in [1.29, 1.82) is 0 Å². The highest BCUT2D eigenvalue weighted by Crippen LogP contribution is 2.28. The van der Waals surface area contributed by atoms with Gasteiger partial charge < -0.3 is 9.55 Å². The van der Waals surface area contributed by atoms with Crippen LogP contribution in [0.15, 0.2) is 67.3 Å². The summed E-state index contributed by atoms with van der Waals surface area (Å²) in [7, 11) is 0. The number of hydrogen-bond donors (Lipinski definition) is 1. The summed E-state index contributed by atoms with van der Waals surface area (Å²) in [6.45, 7) is 0.770. The lowest BCUT2D eigenvalue weighted by molar-refractivity contribution is 0.805. The normalized spacial score (nSPS) is 11.1. The van der Waals surface area contributed by atoms with Crippen LogP contribution in [0.1, 0.15) is 5.56 Å². The number of imidazole rings is 1. The maximum absolute atomic E-state index is 5.95. The fourth-order valence-electron chi connectivity index (χ4n) is 2.74. The first-order valence-corrected chi connectivity index (χ1v) is 7.50. The Morgan fingerprint density at radius 2 is 1.86 bits per heavy atom. The van der Waals surface area contributed by atoms with Crippen molar-refractivity contribution in [3.05, 3.63) is 77.8 Å². The Morgan fingerprint density at radius 1 is 1.05 bits per heavy atom. The van der Waals surface area contributed by atoms with Crippen molar-refractivity contribution in [3.63, 3.8) is 0 Å². The molecule has 0 aliphatic carbocycles. The average Bonchev–Trinajstić information content (AvgIpc) is 3.16. The van der Waals surface area contributed by atoms with Gasteiger partial charge in [0.2, 0.25) is 0 Å². The minimum atomic E-state index is 0.756. The molecule has 0 bridgehead atoms. The van der Waals surface area contributed by atoms with Crippen molar-refractivity contribution in [1.82, 2.24) is 14.5 Å². The number of nitrogens with one attached hydrogen (secondary N) is 1. The molecule has 0 radical (unpaired) electrons. The van der Waals surface area contributed by atoms with Crippen LogP contribution in [0, 0.1) is 0 Å². The van der Waals surface area contributed by atoms with E-state index in [4.69, 9.17) is 11.6 Å². The molecule has 22 heavy (non-hydrogen) atoms. The first-order chi connectivity index (χ1) is 10.8. The van der Waals surface area contributed by atoms with Gasteiger partial charge in [-0.1, -0.05) is 41.9 Å². The lowest BCUT2D eigenvalue weighted by Gasteiger charge is -2.08. The van der Waals surface area contributed by atoms with Gasteiger partial charge in [0, 0.05) is 34.2 Å². The first kappa shape index (κ1) is 13.2. The van der Waals surface area contributed by atoms with Gasteiger partial charge in [-0.05, 0) is 23.8 Å². The SMILES string of the molecule is Clc1ccc(Cn2cncc2-c2c[nH]c3ccccc23)cc1. The Morgan fingerprint density at radius 3 is 2.73 bits per heavy atom. The lowest BCUT2D eigenvalue weighted by Crippen LogP contribution is -1.99. The molecule has 2 aromatic carbocycles. The van der Waals surface area contributed by atoms with Crippen LogP contribution >= 0.6 is 11.6 Å². The van der Waals surface area contributed by atoms with Gasteiger partial charge in [0.05, 0.1) is 18.2 Å².